The first-order valence-corrected chi connectivity index (χ1v) is 6.39. The zero-order chi connectivity index (χ0) is 12.7. The van der Waals surface area contributed by atoms with Crippen molar-refractivity contribution in [1.29, 1.82) is 0 Å². The van der Waals surface area contributed by atoms with Gasteiger partial charge in [-0.3, -0.25) is 4.99 Å². The molecule has 0 aromatic rings. The first-order chi connectivity index (χ1) is 8.17. The number of ether oxygens (including phenoxy) is 1. The molecule has 0 amide bonds. The van der Waals surface area contributed by atoms with E-state index in [4.69, 9.17) is 4.74 Å². The Kier molecular flexibility index (Phi) is 5.98. The first-order valence-electron chi connectivity index (χ1n) is 6.39. The number of nitrogens with zero attached hydrogens (tertiary/aromatic N) is 1. The van der Waals surface area contributed by atoms with Gasteiger partial charge in [-0.1, -0.05) is 13.8 Å². The number of rotatable bonds is 5. The van der Waals surface area contributed by atoms with Gasteiger partial charge in [-0.05, 0) is 38.8 Å². The minimum Gasteiger partial charge on any atom is -0.494 e. The number of hydrogen-bond donors (Lipinski definition) is 1. The van der Waals surface area contributed by atoms with E-state index in [2.05, 4.69) is 30.9 Å². The fourth-order valence-electron chi connectivity index (χ4n) is 1.87. The Hall–Kier alpha value is -1.09. The predicted molar refractivity (Wildman–Crippen MR) is 73.2 cm³/mol. The molecule has 0 aromatic heterocycles. The molecule has 1 rings (SSSR count). The van der Waals surface area contributed by atoms with Crippen LogP contribution in [0.1, 0.15) is 33.6 Å². The van der Waals surface area contributed by atoms with Crippen molar-refractivity contribution >= 4 is 6.72 Å². The second-order valence-corrected chi connectivity index (χ2v) is 4.58. The van der Waals surface area contributed by atoms with Gasteiger partial charge in [-0.15, -0.1) is 0 Å². The molecule has 0 radical (unpaired) electrons. The van der Waals surface area contributed by atoms with E-state index in [-0.39, 0.29) is 0 Å². The van der Waals surface area contributed by atoms with Crippen molar-refractivity contribution < 1.29 is 4.74 Å². The summed E-state index contributed by atoms with van der Waals surface area (Å²) in [5.41, 5.74) is 0.915. The Morgan fingerprint density at radius 2 is 2.29 bits per heavy atom. The van der Waals surface area contributed by atoms with Crippen LogP contribution in [0.4, 0.5) is 0 Å². The standard InChI is InChI=1S/C14H24N2O/c1-5-13(7-6-12(3)15-4)17-14-8-9-16-10-11(14)2/h6-7,11,14,16H,4-5,8-10H2,1-3H3/b12-6-,13-7+. The van der Waals surface area contributed by atoms with Gasteiger partial charge < -0.3 is 10.1 Å². The average molecular weight is 236 g/mol. The van der Waals surface area contributed by atoms with Crippen LogP contribution in [0.2, 0.25) is 0 Å². The average Bonchev–Trinajstić information content (AvgIpc) is 2.36. The van der Waals surface area contributed by atoms with Crippen LogP contribution < -0.4 is 5.32 Å². The second-order valence-electron chi connectivity index (χ2n) is 4.58. The molecule has 0 spiro atoms. The van der Waals surface area contributed by atoms with Gasteiger partial charge in [-0.25, -0.2) is 0 Å². The molecule has 1 aliphatic rings. The maximum Gasteiger partial charge on any atom is 0.103 e. The largest absolute Gasteiger partial charge is 0.494 e. The van der Waals surface area contributed by atoms with Crippen LogP contribution in [0.15, 0.2) is 28.6 Å². The Bertz CT molecular complexity index is 307. The third-order valence-electron chi connectivity index (χ3n) is 3.12. The van der Waals surface area contributed by atoms with E-state index >= 15 is 0 Å². The number of nitrogens with one attached hydrogen (secondary N) is 1. The molecular formula is C14H24N2O. The van der Waals surface area contributed by atoms with E-state index in [1.165, 1.54) is 0 Å². The summed E-state index contributed by atoms with van der Waals surface area (Å²) in [7, 11) is 0. The molecule has 0 saturated carbocycles. The molecule has 96 valence electrons. The molecular weight excluding hydrogens is 212 g/mol. The fraction of sp³-hybridized carbons (Fsp3) is 0.643. The normalized spacial score (nSPS) is 26.8. The van der Waals surface area contributed by atoms with Gasteiger partial charge in [0.05, 0.1) is 5.76 Å². The second kappa shape index (κ2) is 7.28. The first kappa shape index (κ1) is 14.0. The zero-order valence-corrected chi connectivity index (χ0v) is 11.2. The summed E-state index contributed by atoms with van der Waals surface area (Å²) in [5, 5.41) is 3.38. The molecule has 2 unspecified atom stereocenters. The van der Waals surface area contributed by atoms with Crippen molar-refractivity contribution in [1.82, 2.24) is 5.32 Å². The molecule has 3 nitrogen and oxygen atoms in total. The van der Waals surface area contributed by atoms with E-state index in [0.29, 0.717) is 12.0 Å². The molecule has 17 heavy (non-hydrogen) atoms. The highest BCUT2D eigenvalue weighted by Crippen LogP contribution is 2.19. The summed E-state index contributed by atoms with van der Waals surface area (Å²) in [5.74, 6) is 1.60. The third-order valence-corrected chi connectivity index (χ3v) is 3.12. The van der Waals surface area contributed by atoms with E-state index < -0.39 is 0 Å². The lowest BCUT2D eigenvalue weighted by Crippen LogP contribution is -2.39. The molecule has 3 heteroatoms. The Morgan fingerprint density at radius 1 is 1.53 bits per heavy atom. The molecule has 1 aliphatic heterocycles. The topological polar surface area (TPSA) is 33.6 Å². The highest BCUT2D eigenvalue weighted by Gasteiger charge is 2.22. The summed E-state index contributed by atoms with van der Waals surface area (Å²) in [6, 6.07) is 0. The monoisotopic (exact) mass is 236 g/mol. The van der Waals surface area contributed by atoms with Crippen molar-refractivity contribution in [3.05, 3.63) is 23.6 Å². The fourth-order valence-corrected chi connectivity index (χ4v) is 1.87. The third kappa shape index (κ3) is 4.73. The number of aliphatic imine (C=N–C) groups is 1. The smallest absolute Gasteiger partial charge is 0.103 e. The maximum atomic E-state index is 6.06. The minimum atomic E-state index is 0.341. The van der Waals surface area contributed by atoms with Crippen LogP contribution in [-0.2, 0) is 4.74 Å². The SMILES string of the molecule is C=N/C(C)=C\C=C(/CC)OC1CCNCC1C. The number of allylic oxidation sites excluding steroid dienone is 4. The lowest BCUT2D eigenvalue weighted by Gasteiger charge is -2.30. The van der Waals surface area contributed by atoms with E-state index in [9.17, 15) is 0 Å². The van der Waals surface area contributed by atoms with Gasteiger partial charge >= 0.3 is 0 Å². The molecule has 1 N–H and O–H groups in total. The highest BCUT2D eigenvalue weighted by molar-refractivity contribution is 5.29. The quantitative estimate of drug-likeness (QED) is 0.452. The lowest BCUT2D eigenvalue weighted by molar-refractivity contribution is 0.0451. The van der Waals surface area contributed by atoms with Crippen molar-refractivity contribution in [2.24, 2.45) is 10.9 Å². The van der Waals surface area contributed by atoms with Crippen LogP contribution in [-0.4, -0.2) is 25.9 Å². The zero-order valence-electron chi connectivity index (χ0n) is 11.2. The van der Waals surface area contributed by atoms with Gasteiger partial charge in [-0.2, -0.15) is 0 Å². The van der Waals surface area contributed by atoms with Gasteiger partial charge in [0.2, 0.25) is 0 Å². The number of hydrogen-bond acceptors (Lipinski definition) is 3. The summed E-state index contributed by atoms with van der Waals surface area (Å²) >= 11 is 0. The van der Waals surface area contributed by atoms with E-state index in [1.807, 2.05) is 19.1 Å². The molecule has 1 heterocycles. The van der Waals surface area contributed by atoms with Crippen LogP contribution >= 0.6 is 0 Å². The molecule has 0 bridgehead atoms. The Morgan fingerprint density at radius 3 is 2.88 bits per heavy atom. The molecule has 2 atom stereocenters. The van der Waals surface area contributed by atoms with Gasteiger partial charge in [0.15, 0.2) is 0 Å². The minimum absolute atomic E-state index is 0.341. The van der Waals surface area contributed by atoms with Crippen molar-refractivity contribution in [2.45, 2.75) is 39.7 Å². The van der Waals surface area contributed by atoms with Gasteiger partial charge in [0, 0.05) is 24.6 Å². The Labute approximate surface area is 105 Å². The summed E-state index contributed by atoms with van der Waals surface area (Å²) in [4.78, 5) is 3.86. The van der Waals surface area contributed by atoms with Gasteiger partial charge in [0.1, 0.15) is 6.10 Å². The predicted octanol–water partition coefficient (Wildman–Crippen LogP) is 2.90. The van der Waals surface area contributed by atoms with Crippen molar-refractivity contribution in [3.8, 4) is 0 Å². The lowest BCUT2D eigenvalue weighted by atomic mass is 9.98. The highest BCUT2D eigenvalue weighted by atomic mass is 16.5. The van der Waals surface area contributed by atoms with E-state index in [1.54, 1.807) is 0 Å². The molecule has 1 fully saturated rings. The van der Waals surface area contributed by atoms with Crippen LogP contribution in [0, 0.1) is 5.92 Å². The Balaban J connectivity index is 2.59. The molecule has 1 saturated heterocycles. The van der Waals surface area contributed by atoms with Crippen LogP contribution in [0.5, 0.6) is 0 Å². The summed E-state index contributed by atoms with van der Waals surface area (Å²) in [6.07, 6.45) is 6.31. The maximum absolute atomic E-state index is 6.06. The molecule has 0 aromatic carbocycles. The summed E-state index contributed by atoms with van der Waals surface area (Å²) in [6.45, 7) is 11.9. The van der Waals surface area contributed by atoms with E-state index in [0.717, 1.165) is 37.4 Å². The number of piperidine rings is 1. The molecule has 0 aliphatic carbocycles. The van der Waals surface area contributed by atoms with Gasteiger partial charge in [0.25, 0.3) is 0 Å². The van der Waals surface area contributed by atoms with Crippen molar-refractivity contribution in [3.63, 3.8) is 0 Å². The summed E-state index contributed by atoms with van der Waals surface area (Å²) < 4.78 is 6.06. The van der Waals surface area contributed by atoms with Crippen LogP contribution in [0.3, 0.4) is 0 Å². The van der Waals surface area contributed by atoms with Crippen LogP contribution in [0.25, 0.3) is 0 Å². The van der Waals surface area contributed by atoms with Crippen molar-refractivity contribution in [2.75, 3.05) is 13.1 Å².